The monoisotopic (exact) mass is 235 g/mol. The van der Waals surface area contributed by atoms with E-state index in [1.54, 1.807) is 12.1 Å². The second-order valence-corrected chi connectivity index (χ2v) is 5.52. The molecule has 2 rings (SSSR count). The van der Waals surface area contributed by atoms with Crippen LogP contribution in [0, 0.1) is 17.2 Å². The van der Waals surface area contributed by atoms with Crippen molar-refractivity contribution >= 4 is 0 Å². The average Bonchev–Trinajstić information content (AvgIpc) is 2.76. The molecule has 0 radical (unpaired) electrons. The zero-order valence-electron chi connectivity index (χ0n) is 10.6. The zero-order chi connectivity index (χ0) is 12.3. The van der Waals surface area contributed by atoms with Crippen LogP contribution in [0.1, 0.15) is 38.2 Å². The zero-order valence-corrected chi connectivity index (χ0v) is 10.6. The van der Waals surface area contributed by atoms with Gasteiger partial charge in [0.15, 0.2) is 0 Å². The summed E-state index contributed by atoms with van der Waals surface area (Å²) in [6.07, 6.45) is 6.01. The van der Waals surface area contributed by atoms with Crippen LogP contribution in [-0.2, 0) is 6.42 Å². The lowest BCUT2D eigenvalue weighted by Crippen LogP contribution is -2.30. The van der Waals surface area contributed by atoms with Crippen molar-refractivity contribution in [2.75, 3.05) is 6.54 Å². The van der Waals surface area contributed by atoms with E-state index in [2.05, 4.69) is 6.92 Å². The molecule has 0 heterocycles. The molecule has 1 nitrogen and oxygen atoms in total. The average molecular weight is 235 g/mol. The number of halogens is 1. The molecule has 1 aromatic carbocycles. The molecule has 1 aliphatic rings. The summed E-state index contributed by atoms with van der Waals surface area (Å²) in [5.41, 5.74) is 7.47. The molecule has 0 bridgehead atoms. The van der Waals surface area contributed by atoms with Crippen LogP contribution in [0.5, 0.6) is 0 Å². The van der Waals surface area contributed by atoms with Gasteiger partial charge in [-0.05, 0) is 61.3 Å². The molecule has 1 aliphatic carbocycles. The van der Waals surface area contributed by atoms with Gasteiger partial charge in [0, 0.05) is 0 Å². The van der Waals surface area contributed by atoms with Gasteiger partial charge in [0.05, 0.1) is 0 Å². The summed E-state index contributed by atoms with van der Waals surface area (Å²) in [5.74, 6) is 0.674. The molecule has 17 heavy (non-hydrogen) atoms. The Bertz CT molecular complexity index is 360. The van der Waals surface area contributed by atoms with Crippen LogP contribution < -0.4 is 5.73 Å². The maximum absolute atomic E-state index is 12.9. The molecule has 0 spiro atoms. The Labute approximate surface area is 103 Å². The summed E-state index contributed by atoms with van der Waals surface area (Å²) in [4.78, 5) is 0. The summed E-state index contributed by atoms with van der Waals surface area (Å²) in [5, 5.41) is 0. The van der Waals surface area contributed by atoms with Crippen molar-refractivity contribution in [2.24, 2.45) is 17.1 Å². The van der Waals surface area contributed by atoms with Crippen LogP contribution in [0.4, 0.5) is 4.39 Å². The first-order chi connectivity index (χ1) is 8.17. The molecule has 94 valence electrons. The van der Waals surface area contributed by atoms with Gasteiger partial charge in [0.2, 0.25) is 0 Å². The van der Waals surface area contributed by atoms with Crippen LogP contribution in [-0.4, -0.2) is 6.54 Å². The lowest BCUT2D eigenvalue weighted by Gasteiger charge is -2.28. The van der Waals surface area contributed by atoms with Crippen LogP contribution >= 0.6 is 0 Å². The quantitative estimate of drug-likeness (QED) is 0.849. The Hall–Kier alpha value is -0.890. The van der Waals surface area contributed by atoms with Gasteiger partial charge in [-0.15, -0.1) is 0 Å². The van der Waals surface area contributed by atoms with Crippen molar-refractivity contribution in [3.05, 3.63) is 35.6 Å². The van der Waals surface area contributed by atoms with Crippen LogP contribution in [0.2, 0.25) is 0 Å². The second-order valence-electron chi connectivity index (χ2n) is 5.52. The number of nitrogens with two attached hydrogens (primary N) is 1. The first kappa shape index (κ1) is 12.6. The second kappa shape index (κ2) is 5.18. The normalized spacial score (nSPS) is 28.5. The minimum absolute atomic E-state index is 0.159. The molecule has 1 aromatic rings. The molecule has 2 atom stereocenters. The van der Waals surface area contributed by atoms with E-state index in [-0.39, 0.29) is 11.2 Å². The number of hydrogen-bond donors (Lipinski definition) is 1. The fourth-order valence-corrected chi connectivity index (χ4v) is 3.13. The molecule has 2 heteroatoms. The molecular formula is C15H22FN. The van der Waals surface area contributed by atoms with Crippen molar-refractivity contribution in [3.63, 3.8) is 0 Å². The summed E-state index contributed by atoms with van der Waals surface area (Å²) < 4.78 is 12.9. The first-order valence-corrected chi connectivity index (χ1v) is 6.62. The van der Waals surface area contributed by atoms with Crippen LogP contribution in [0.25, 0.3) is 0 Å². The van der Waals surface area contributed by atoms with E-state index in [9.17, 15) is 4.39 Å². The molecule has 0 amide bonds. The third-order valence-corrected chi connectivity index (χ3v) is 4.31. The Kier molecular flexibility index (Phi) is 3.82. The van der Waals surface area contributed by atoms with Gasteiger partial charge in [-0.3, -0.25) is 0 Å². The highest BCUT2D eigenvalue weighted by molar-refractivity contribution is 5.18. The first-order valence-electron chi connectivity index (χ1n) is 6.62. The molecule has 0 saturated heterocycles. The lowest BCUT2D eigenvalue weighted by atomic mass is 9.79. The summed E-state index contributed by atoms with van der Waals surface area (Å²) in [6, 6.07) is 6.88. The number of rotatable bonds is 4. The van der Waals surface area contributed by atoms with E-state index in [1.165, 1.54) is 31.2 Å². The van der Waals surface area contributed by atoms with Crippen molar-refractivity contribution in [3.8, 4) is 0 Å². The molecule has 1 fully saturated rings. The summed E-state index contributed by atoms with van der Waals surface area (Å²) in [7, 11) is 0. The fourth-order valence-electron chi connectivity index (χ4n) is 3.13. The van der Waals surface area contributed by atoms with Gasteiger partial charge in [-0.1, -0.05) is 25.5 Å². The minimum atomic E-state index is -0.159. The summed E-state index contributed by atoms with van der Waals surface area (Å²) >= 11 is 0. The predicted molar refractivity (Wildman–Crippen MR) is 69.2 cm³/mol. The van der Waals surface area contributed by atoms with Crippen LogP contribution in [0.3, 0.4) is 0 Å². The Balaban J connectivity index is 2.07. The number of hydrogen-bond acceptors (Lipinski definition) is 1. The van der Waals surface area contributed by atoms with Gasteiger partial charge in [-0.2, -0.15) is 0 Å². The highest BCUT2D eigenvalue weighted by Gasteiger charge is 2.37. The highest BCUT2D eigenvalue weighted by Crippen LogP contribution is 2.44. The molecular weight excluding hydrogens is 213 g/mol. The molecule has 1 saturated carbocycles. The van der Waals surface area contributed by atoms with E-state index in [0.29, 0.717) is 0 Å². The van der Waals surface area contributed by atoms with E-state index >= 15 is 0 Å². The largest absolute Gasteiger partial charge is 0.330 e. The highest BCUT2D eigenvalue weighted by atomic mass is 19.1. The Morgan fingerprint density at radius 2 is 2.06 bits per heavy atom. The van der Waals surface area contributed by atoms with Gasteiger partial charge in [0.25, 0.3) is 0 Å². The maximum atomic E-state index is 12.9. The molecule has 0 aliphatic heterocycles. The molecule has 2 unspecified atom stereocenters. The van der Waals surface area contributed by atoms with Gasteiger partial charge < -0.3 is 5.73 Å². The molecule has 0 aromatic heterocycles. The van der Waals surface area contributed by atoms with E-state index in [0.717, 1.165) is 18.9 Å². The standard InChI is InChI=1S/C15H22FN/c1-2-12-7-8-15(9-12,11-17)10-13-3-5-14(16)6-4-13/h3-6,12H,2,7-11,17H2,1H3. The minimum Gasteiger partial charge on any atom is -0.330 e. The lowest BCUT2D eigenvalue weighted by molar-refractivity contribution is 0.290. The third kappa shape index (κ3) is 2.86. The van der Waals surface area contributed by atoms with Gasteiger partial charge in [-0.25, -0.2) is 4.39 Å². The van der Waals surface area contributed by atoms with E-state index in [1.807, 2.05) is 12.1 Å². The topological polar surface area (TPSA) is 26.0 Å². The predicted octanol–water partition coefficient (Wildman–Crippen LogP) is 3.52. The SMILES string of the molecule is CCC1CCC(CN)(Cc2ccc(F)cc2)C1. The van der Waals surface area contributed by atoms with Crippen LogP contribution in [0.15, 0.2) is 24.3 Å². The van der Waals surface area contributed by atoms with Crippen molar-refractivity contribution in [1.82, 2.24) is 0 Å². The smallest absolute Gasteiger partial charge is 0.123 e. The number of benzene rings is 1. The maximum Gasteiger partial charge on any atom is 0.123 e. The van der Waals surface area contributed by atoms with Crippen molar-refractivity contribution in [2.45, 2.75) is 39.0 Å². The summed E-state index contributed by atoms with van der Waals surface area (Å²) in [6.45, 7) is 3.01. The van der Waals surface area contributed by atoms with Gasteiger partial charge >= 0.3 is 0 Å². The van der Waals surface area contributed by atoms with E-state index in [4.69, 9.17) is 5.73 Å². The van der Waals surface area contributed by atoms with E-state index < -0.39 is 0 Å². The van der Waals surface area contributed by atoms with Crippen molar-refractivity contribution in [1.29, 1.82) is 0 Å². The third-order valence-electron chi connectivity index (χ3n) is 4.31. The van der Waals surface area contributed by atoms with Crippen molar-refractivity contribution < 1.29 is 4.39 Å². The fraction of sp³-hybridized carbons (Fsp3) is 0.600. The molecule has 2 N–H and O–H groups in total. The Morgan fingerprint density at radius 1 is 1.35 bits per heavy atom. The van der Waals surface area contributed by atoms with Gasteiger partial charge in [0.1, 0.15) is 5.82 Å². The Morgan fingerprint density at radius 3 is 2.59 bits per heavy atom.